The predicted molar refractivity (Wildman–Crippen MR) is 212 cm³/mol. The van der Waals surface area contributed by atoms with Crippen LogP contribution in [0.2, 0.25) is 0 Å². The normalized spacial score (nSPS) is 42.8. The molecule has 270 valence electrons. The van der Waals surface area contributed by atoms with Crippen LogP contribution >= 0.6 is 25.3 Å². The Morgan fingerprint density at radius 1 is 0.745 bits per heavy atom. The minimum Gasteiger partial charge on any atom is -0.313 e. The van der Waals surface area contributed by atoms with E-state index in [1.807, 2.05) is 0 Å². The molecule has 6 aliphatic rings. The lowest BCUT2D eigenvalue weighted by molar-refractivity contribution is 0.0408. The Hall–Kier alpha value is 0.400. The van der Waals surface area contributed by atoms with Crippen molar-refractivity contribution in [1.82, 2.24) is 5.32 Å². The van der Waals surface area contributed by atoms with Crippen molar-refractivity contribution in [1.29, 1.82) is 0 Å². The van der Waals surface area contributed by atoms with Crippen LogP contribution in [-0.4, -0.2) is 23.1 Å². The van der Waals surface area contributed by atoms with Crippen LogP contribution in [0, 0.1) is 71.0 Å². The highest BCUT2D eigenvalue weighted by molar-refractivity contribution is 7.81. The van der Waals surface area contributed by atoms with Crippen molar-refractivity contribution in [2.45, 2.75) is 185 Å². The molecule has 0 radical (unpaired) electrons. The number of fused-ring (bicyclic) bond motifs is 3. The molecule has 5 saturated carbocycles. The van der Waals surface area contributed by atoms with E-state index in [1.165, 1.54) is 148 Å². The highest BCUT2D eigenvalue weighted by Crippen LogP contribution is 2.51. The molecule has 0 saturated heterocycles. The molecule has 6 aliphatic carbocycles. The summed E-state index contributed by atoms with van der Waals surface area (Å²) in [4.78, 5) is 0. The van der Waals surface area contributed by atoms with Gasteiger partial charge in [-0.1, -0.05) is 116 Å². The van der Waals surface area contributed by atoms with Crippen molar-refractivity contribution in [3.8, 4) is 0 Å². The van der Waals surface area contributed by atoms with Crippen LogP contribution in [0.1, 0.15) is 168 Å². The zero-order valence-electron chi connectivity index (χ0n) is 31.2. The zero-order valence-corrected chi connectivity index (χ0v) is 33.0. The Kier molecular flexibility index (Phi) is 14.4. The topological polar surface area (TPSA) is 12.0 Å². The first kappa shape index (κ1) is 37.2. The van der Waals surface area contributed by atoms with E-state index in [-0.39, 0.29) is 0 Å². The van der Waals surface area contributed by atoms with Gasteiger partial charge in [-0.3, -0.25) is 0 Å². The van der Waals surface area contributed by atoms with Gasteiger partial charge in [0, 0.05) is 23.1 Å². The van der Waals surface area contributed by atoms with E-state index in [0.717, 1.165) is 83.6 Å². The third kappa shape index (κ3) is 9.45. The molecule has 0 aromatic heterocycles. The van der Waals surface area contributed by atoms with Gasteiger partial charge in [0.05, 0.1) is 0 Å². The van der Waals surface area contributed by atoms with E-state index in [0.29, 0.717) is 10.5 Å². The largest absolute Gasteiger partial charge is 0.313 e. The van der Waals surface area contributed by atoms with Crippen LogP contribution in [0.3, 0.4) is 0 Å². The van der Waals surface area contributed by atoms with Gasteiger partial charge >= 0.3 is 0 Å². The molecular formula is C44H77NS2. The van der Waals surface area contributed by atoms with Gasteiger partial charge in [0.2, 0.25) is 0 Å². The smallest absolute Gasteiger partial charge is 0.0170 e. The molecule has 5 fully saturated rings. The molecule has 0 aliphatic heterocycles. The zero-order chi connectivity index (χ0) is 32.8. The Morgan fingerprint density at radius 3 is 2.26 bits per heavy atom. The molecule has 3 heteroatoms. The van der Waals surface area contributed by atoms with Crippen molar-refractivity contribution < 1.29 is 0 Å². The van der Waals surface area contributed by atoms with Crippen molar-refractivity contribution in [2.75, 3.05) is 6.54 Å². The molecular weight excluding hydrogens is 607 g/mol. The first-order valence-electron chi connectivity index (χ1n) is 21.7. The van der Waals surface area contributed by atoms with Gasteiger partial charge in [0.25, 0.3) is 0 Å². The molecule has 0 aromatic rings. The Morgan fingerprint density at radius 2 is 1.47 bits per heavy atom. The summed E-state index contributed by atoms with van der Waals surface area (Å²) in [6.45, 7) is 8.64. The van der Waals surface area contributed by atoms with Crippen molar-refractivity contribution in [3.05, 3.63) is 12.2 Å². The third-order valence-electron chi connectivity index (χ3n) is 16.0. The maximum Gasteiger partial charge on any atom is 0.0170 e. The molecule has 6 rings (SSSR count). The van der Waals surface area contributed by atoms with Crippen LogP contribution < -0.4 is 5.32 Å². The molecule has 0 heterocycles. The fourth-order valence-corrected chi connectivity index (χ4v) is 14.1. The van der Waals surface area contributed by atoms with Gasteiger partial charge < -0.3 is 5.32 Å². The minimum absolute atomic E-state index is 0.499. The summed E-state index contributed by atoms with van der Waals surface area (Å²) >= 11 is 10.5. The maximum absolute atomic E-state index is 5.30. The highest BCUT2D eigenvalue weighted by Gasteiger charge is 2.43. The summed E-state index contributed by atoms with van der Waals surface area (Å²) in [5, 5.41) is 5.08. The van der Waals surface area contributed by atoms with Crippen LogP contribution in [0.5, 0.6) is 0 Å². The Bertz CT molecular complexity index is 941. The number of rotatable bonds is 12. The van der Waals surface area contributed by atoms with Gasteiger partial charge in [-0.25, -0.2) is 0 Å². The fourth-order valence-electron chi connectivity index (χ4n) is 13.4. The van der Waals surface area contributed by atoms with Gasteiger partial charge in [-0.2, -0.15) is 25.3 Å². The second-order valence-electron chi connectivity index (χ2n) is 18.6. The van der Waals surface area contributed by atoms with E-state index >= 15 is 0 Å². The lowest BCUT2D eigenvalue weighted by atomic mass is 9.58. The molecule has 1 N–H and O–H groups in total. The molecule has 47 heavy (non-hydrogen) atoms. The molecule has 14 unspecified atom stereocenters. The van der Waals surface area contributed by atoms with Crippen molar-refractivity contribution in [2.24, 2.45) is 71.0 Å². The summed E-state index contributed by atoms with van der Waals surface area (Å²) in [6.07, 6.45) is 39.1. The Balaban J connectivity index is 1.02. The number of hydrogen-bond donors (Lipinski definition) is 3. The predicted octanol–water partition coefficient (Wildman–Crippen LogP) is 12.6. The van der Waals surface area contributed by atoms with E-state index in [9.17, 15) is 0 Å². The summed E-state index contributed by atoms with van der Waals surface area (Å²) in [7, 11) is 0. The Labute approximate surface area is 304 Å². The average molecular weight is 684 g/mol. The van der Waals surface area contributed by atoms with Crippen molar-refractivity contribution >= 4 is 25.3 Å². The van der Waals surface area contributed by atoms with Gasteiger partial charge in [0.1, 0.15) is 0 Å². The summed E-state index contributed by atoms with van der Waals surface area (Å²) < 4.78 is 0. The second-order valence-corrected chi connectivity index (χ2v) is 20.0. The summed E-state index contributed by atoms with van der Waals surface area (Å²) in [5.74, 6) is 10.9. The maximum atomic E-state index is 5.30. The molecule has 0 spiro atoms. The molecule has 1 nitrogen and oxygen atoms in total. The van der Waals surface area contributed by atoms with Gasteiger partial charge in [-0.05, 0) is 135 Å². The van der Waals surface area contributed by atoms with Crippen LogP contribution in [0.25, 0.3) is 0 Å². The molecule has 0 aromatic carbocycles. The average Bonchev–Trinajstić information content (AvgIpc) is 3.32. The van der Waals surface area contributed by atoms with Gasteiger partial charge in [-0.15, -0.1) is 0 Å². The monoisotopic (exact) mass is 684 g/mol. The SMILES string of the molecule is CCC(CCCC1C(C)/C=C\CC(C2CCCCC2)C2CCCCC12)C1CCC(C(S)CNC2CC3CCCCC2C3)CC1C(C)S. The standard InChI is InChI=1S/C44H77NS2/c1-4-33(19-13-22-37-30(2)14-12-23-38(34-16-6-5-7-17-34)41-21-11-10-20-40(37)41)39-25-24-36(28-42(39)31(3)46)44(47)29-45-43-27-32-15-8-9-18-35(43)26-32/h12,14,30-47H,4-11,13,15-29H2,1-3H3/b14-12-. The summed E-state index contributed by atoms with van der Waals surface area (Å²) in [5.41, 5.74) is 0. The second kappa shape index (κ2) is 18.2. The lowest BCUT2D eigenvalue weighted by Crippen LogP contribution is -2.42. The van der Waals surface area contributed by atoms with Crippen LogP contribution in [-0.2, 0) is 0 Å². The molecule has 2 bridgehead atoms. The van der Waals surface area contributed by atoms with E-state index < -0.39 is 0 Å². The molecule has 14 atom stereocenters. The van der Waals surface area contributed by atoms with Gasteiger partial charge in [0.15, 0.2) is 0 Å². The van der Waals surface area contributed by atoms with Crippen molar-refractivity contribution in [3.63, 3.8) is 0 Å². The summed E-state index contributed by atoms with van der Waals surface area (Å²) in [6, 6.07) is 0.772. The first-order valence-corrected chi connectivity index (χ1v) is 22.7. The molecule has 0 amide bonds. The van der Waals surface area contributed by atoms with Crippen LogP contribution in [0.4, 0.5) is 0 Å². The number of nitrogens with one attached hydrogen (secondary N) is 1. The number of thiol groups is 2. The number of allylic oxidation sites excluding steroid dienone is 2. The quantitative estimate of drug-likeness (QED) is 0.137. The lowest BCUT2D eigenvalue weighted by Gasteiger charge is -2.47. The minimum atomic E-state index is 0.499. The van der Waals surface area contributed by atoms with E-state index in [4.69, 9.17) is 25.3 Å². The van der Waals surface area contributed by atoms with Crippen LogP contribution in [0.15, 0.2) is 12.2 Å². The van der Waals surface area contributed by atoms with E-state index in [2.05, 4.69) is 38.2 Å². The third-order valence-corrected chi connectivity index (χ3v) is 17.0. The first-order chi connectivity index (χ1) is 22.9. The number of hydrogen-bond acceptors (Lipinski definition) is 3. The van der Waals surface area contributed by atoms with E-state index in [1.54, 1.807) is 0 Å². The fraction of sp³-hybridized carbons (Fsp3) is 0.955. The highest BCUT2D eigenvalue weighted by atomic mass is 32.1.